The van der Waals surface area contributed by atoms with E-state index in [2.05, 4.69) is 32.7 Å². The van der Waals surface area contributed by atoms with Crippen LogP contribution in [0.3, 0.4) is 0 Å². The average Bonchev–Trinajstić information content (AvgIpc) is 2.79. The SMILES string of the molecule is CN=C(NCc1ccc(F)c(C)c1)NCC(c1ccc(OC)cc1)N1CCOCC1. The molecule has 0 aliphatic carbocycles. The Bertz CT molecular complexity index is 836. The second-order valence-electron chi connectivity index (χ2n) is 7.33. The van der Waals surface area contributed by atoms with Gasteiger partial charge in [0.1, 0.15) is 11.6 Å². The van der Waals surface area contributed by atoms with Crippen LogP contribution < -0.4 is 15.4 Å². The van der Waals surface area contributed by atoms with Gasteiger partial charge in [-0.3, -0.25) is 9.89 Å². The molecule has 2 aromatic carbocycles. The van der Waals surface area contributed by atoms with Crippen molar-refractivity contribution in [3.05, 3.63) is 65.0 Å². The first-order valence-corrected chi connectivity index (χ1v) is 10.3. The predicted octanol–water partition coefficient (Wildman–Crippen LogP) is 2.88. The molecule has 1 aliphatic heterocycles. The first-order valence-electron chi connectivity index (χ1n) is 10.3. The van der Waals surface area contributed by atoms with Crippen LogP contribution >= 0.6 is 0 Å². The quantitative estimate of drug-likeness (QED) is 0.539. The van der Waals surface area contributed by atoms with Gasteiger partial charge >= 0.3 is 0 Å². The lowest BCUT2D eigenvalue weighted by atomic mass is 10.0. The van der Waals surface area contributed by atoms with Gasteiger partial charge in [-0.2, -0.15) is 0 Å². The Morgan fingerprint density at radius 2 is 1.90 bits per heavy atom. The highest BCUT2D eigenvalue weighted by molar-refractivity contribution is 5.79. The van der Waals surface area contributed by atoms with E-state index < -0.39 is 0 Å². The van der Waals surface area contributed by atoms with Crippen molar-refractivity contribution in [2.45, 2.75) is 19.5 Å². The van der Waals surface area contributed by atoms with E-state index in [9.17, 15) is 4.39 Å². The fraction of sp³-hybridized carbons (Fsp3) is 0.435. The second-order valence-corrected chi connectivity index (χ2v) is 7.33. The third-order valence-corrected chi connectivity index (χ3v) is 5.36. The van der Waals surface area contributed by atoms with E-state index in [1.54, 1.807) is 27.1 Å². The van der Waals surface area contributed by atoms with Gasteiger partial charge in [-0.05, 0) is 41.8 Å². The lowest BCUT2D eigenvalue weighted by Crippen LogP contribution is -2.46. The van der Waals surface area contributed by atoms with Crippen molar-refractivity contribution in [2.75, 3.05) is 47.0 Å². The number of halogens is 1. The standard InChI is InChI=1S/C23H31FN4O2/c1-17-14-18(4-9-21(17)24)15-26-23(25-2)27-16-22(28-10-12-30-13-11-28)19-5-7-20(29-3)8-6-19/h4-9,14,22H,10-13,15-16H2,1-3H3,(H2,25,26,27). The van der Waals surface area contributed by atoms with Gasteiger partial charge in [0.2, 0.25) is 0 Å². The highest BCUT2D eigenvalue weighted by Crippen LogP contribution is 2.23. The summed E-state index contributed by atoms with van der Waals surface area (Å²) in [6, 6.07) is 13.5. The normalized spacial score (nSPS) is 16.2. The van der Waals surface area contributed by atoms with E-state index in [0.29, 0.717) is 24.6 Å². The molecule has 1 fully saturated rings. The van der Waals surface area contributed by atoms with Crippen LogP contribution in [0.15, 0.2) is 47.5 Å². The van der Waals surface area contributed by atoms with Crippen LogP contribution in [0.25, 0.3) is 0 Å². The number of nitrogens with zero attached hydrogens (tertiary/aromatic N) is 2. The number of methoxy groups -OCH3 is 1. The number of rotatable bonds is 7. The summed E-state index contributed by atoms with van der Waals surface area (Å²) in [4.78, 5) is 6.76. The molecule has 0 saturated carbocycles. The van der Waals surface area contributed by atoms with E-state index in [1.807, 2.05) is 18.2 Å². The molecule has 30 heavy (non-hydrogen) atoms. The van der Waals surface area contributed by atoms with Crippen LogP contribution in [-0.4, -0.2) is 57.9 Å². The first-order chi connectivity index (χ1) is 14.6. The van der Waals surface area contributed by atoms with Gasteiger partial charge in [-0.25, -0.2) is 4.39 Å². The van der Waals surface area contributed by atoms with Gasteiger partial charge in [-0.1, -0.05) is 24.3 Å². The Hall–Kier alpha value is -2.64. The van der Waals surface area contributed by atoms with Crippen molar-refractivity contribution >= 4 is 5.96 Å². The topological polar surface area (TPSA) is 58.1 Å². The number of aliphatic imine (C=N–C) groups is 1. The molecule has 162 valence electrons. The monoisotopic (exact) mass is 414 g/mol. The maximum atomic E-state index is 13.5. The smallest absolute Gasteiger partial charge is 0.191 e. The van der Waals surface area contributed by atoms with E-state index in [4.69, 9.17) is 9.47 Å². The lowest BCUT2D eigenvalue weighted by Gasteiger charge is -2.35. The van der Waals surface area contributed by atoms with E-state index in [-0.39, 0.29) is 11.9 Å². The van der Waals surface area contributed by atoms with Crippen LogP contribution in [0.2, 0.25) is 0 Å². The summed E-state index contributed by atoms with van der Waals surface area (Å²) >= 11 is 0. The number of benzene rings is 2. The highest BCUT2D eigenvalue weighted by Gasteiger charge is 2.23. The first kappa shape index (κ1) is 22.1. The second kappa shape index (κ2) is 10.9. The minimum Gasteiger partial charge on any atom is -0.497 e. The number of guanidine groups is 1. The lowest BCUT2D eigenvalue weighted by molar-refractivity contribution is 0.0170. The van der Waals surface area contributed by atoms with Gasteiger partial charge in [0.05, 0.1) is 26.4 Å². The molecule has 2 aromatic rings. The molecular formula is C23H31FN4O2. The molecule has 7 heteroatoms. The van der Waals surface area contributed by atoms with Crippen LogP contribution in [0, 0.1) is 12.7 Å². The van der Waals surface area contributed by atoms with Crippen molar-refractivity contribution < 1.29 is 13.9 Å². The van der Waals surface area contributed by atoms with Crippen molar-refractivity contribution in [1.82, 2.24) is 15.5 Å². The fourth-order valence-corrected chi connectivity index (χ4v) is 3.59. The van der Waals surface area contributed by atoms with Gasteiger partial charge < -0.3 is 20.1 Å². The molecule has 1 heterocycles. The number of ether oxygens (including phenoxy) is 2. The molecule has 3 rings (SSSR count). The summed E-state index contributed by atoms with van der Waals surface area (Å²) in [6.07, 6.45) is 0. The molecule has 6 nitrogen and oxygen atoms in total. The predicted molar refractivity (Wildman–Crippen MR) is 117 cm³/mol. The molecule has 0 radical (unpaired) electrons. The summed E-state index contributed by atoms with van der Waals surface area (Å²) in [6.45, 7) is 6.30. The molecule has 2 N–H and O–H groups in total. The minimum atomic E-state index is -0.186. The number of hydrogen-bond donors (Lipinski definition) is 2. The third kappa shape index (κ3) is 5.93. The fourth-order valence-electron chi connectivity index (χ4n) is 3.59. The highest BCUT2D eigenvalue weighted by atomic mass is 19.1. The maximum absolute atomic E-state index is 13.5. The van der Waals surface area contributed by atoms with Crippen molar-refractivity contribution in [2.24, 2.45) is 4.99 Å². The molecule has 0 aromatic heterocycles. The molecule has 0 amide bonds. The number of hydrogen-bond acceptors (Lipinski definition) is 4. The molecule has 1 unspecified atom stereocenters. The molecule has 1 aliphatic rings. The maximum Gasteiger partial charge on any atom is 0.191 e. The van der Waals surface area contributed by atoms with E-state index in [0.717, 1.165) is 37.6 Å². The number of aryl methyl sites for hydroxylation is 1. The average molecular weight is 415 g/mol. The van der Waals surface area contributed by atoms with E-state index in [1.165, 1.54) is 11.6 Å². The third-order valence-electron chi connectivity index (χ3n) is 5.36. The summed E-state index contributed by atoms with van der Waals surface area (Å²) < 4.78 is 24.3. The Kier molecular flexibility index (Phi) is 8.04. The zero-order chi connectivity index (χ0) is 21.3. The zero-order valence-corrected chi connectivity index (χ0v) is 18.0. The summed E-state index contributed by atoms with van der Waals surface area (Å²) in [5.74, 6) is 1.37. The number of nitrogens with one attached hydrogen (secondary N) is 2. The summed E-state index contributed by atoms with van der Waals surface area (Å²) in [7, 11) is 3.43. The van der Waals surface area contributed by atoms with Crippen LogP contribution in [0.4, 0.5) is 4.39 Å². The largest absolute Gasteiger partial charge is 0.497 e. The Labute approximate surface area is 178 Å². The van der Waals surface area contributed by atoms with Gasteiger partial charge in [0.15, 0.2) is 5.96 Å². The molecule has 0 spiro atoms. The molecular weight excluding hydrogens is 383 g/mol. The van der Waals surface area contributed by atoms with Crippen LogP contribution in [0.1, 0.15) is 22.7 Å². The van der Waals surface area contributed by atoms with Gasteiger partial charge in [-0.15, -0.1) is 0 Å². The van der Waals surface area contributed by atoms with E-state index >= 15 is 0 Å². The molecule has 1 saturated heterocycles. The number of morpholine rings is 1. The Morgan fingerprint density at radius 1 is 1.17 bits per heavy atom. The molecule has 1 atom stereocenters. The zero-order valence-electron chi connectivity index (χ0n) is 18.0. The van der Waals surface area contributed by atoms with Gasteiger partial charge in [0, 0.05) is 33.2 Å². The minimum absolute atomic E-state index is 0.186. The van der Waals surface area contributed by atoms with Crippen molar-refractivity contribution in [3.8, 4) is 5.75 Å². The summed E-state index contributed by atoms with van der Waals surface area (Å²) in [5, 5.41) is 6.75. The molecule has 0 bridgehead atoms. The van der Waals surface area contributed by atoms with Crippen LogP contribution in [0.5, 0.6) is 5.75 Å². The Morgan fingerprint density at radius 3 is 2.53 bits per heavy atom. The Balaban J connectivity index is 1.64. The van der Waals surface area contributed by atoms with Crippen molar-refractivity contribution in [3.63, 3.8) is 0 Å². The van der Waals surface area contributed by atoms with Crippen molar-refractivity contribution in [1.29, 1.82) is 0 Å². The van der Waals surface area contributed by atoms with Crippen LogP contribution in [-0.2, 0) is 11.3 Å². The van der Waals surface area contributed by atoms with Gasteiger partial charge in [0.25, 0.3) is 0 Å². The summed E-state index contributed by atoms with van der Waals surface area (Å²) in [5.41, 5.74) is 2.87.